The molecule has 6 heteroatoms. The van der Waals surface area contributed by atoms with Gasteiger partial charge in [0, 0.05) is 25.9 Å². The highest BCUT2D eigenvalue weighted by molar-refractivity contribution is 5.93. The summed E-state index contributed by atoms with van der Waals surface area (Å²) in [6, 6.07) is 5.76. The first-order valence-electron chi connectivity index (χ1n) is 6.13. The molecule has 4 N–H and O–H groups in total. The van der Waals surface area contributed by atoms with Gasteiger partial charge in [0.05, 0.1) is 7.11 Å². The maximum atomic E-state index is 5.44. The van der Waals surface area contributed by atoms with Gasteiger partial charge in [-0.15, -0.1) is 0 Å². The topological polar surface area (TPSA) is 80.9 Å². The number of hydrogen-bond donors (Lipinski definition) is 3. The van der Waals surface area contributed by atoms with E-state index in [0.717, 1.165) is 23.4 Å². The van der Waals surface area contributed by atoms with Gasteiger partial charge in [-0.2, -0.15) is 0 Å². The minimum atomic E-state index is 0.532. The zero-order chi connectivity index (χ0) is 14.1. The van der Waals surface area contributed by atoms with Gasteiger partial charge >= 0.3 is 0 Å². The molecule has 0 unspecified atom stereocenters. The number of nitrogens with zero attached hydrogens (tertiary/aromatic N) is 1. The summed E-state index contributed by atoms with van der Waals surface area (Å²) in [5, 5.41) is 3.14. The van der Waals surface area contributed by atoms with Gasteiger partial charge in [0.1, 0.15) is 5.75 Å². The smallest absolute Gasteiger partial charge is 0.210 e. The minimum Gasteiger partial charge on any atom is -0.497 e. The van der Waals surface area contributed by atoms with Crippen LogP contribution in [0.15, 0.2) is 23.2 Å². The molecule has 1 rings (SSSR count). The van der Waals surface area contributed by atoms with Crippen LogP contribution in [0.25, 0.3) is 0 Å². The maximum Gasteiger partial charge on any atom is 0.210 e. The fourth-order valence-corrected chi connectivity index (χ4v) is 1.55. The predicted molar refractivity (Wildman–Crippen MR) is 77.5 cm³/mol. The molecule has 0 aliphatic carbocycles. The zero-order valence-electron chi connectivity index (χ0n) is 11.7. The molecule has 1 aromatic carbocycles. The zero-order valence-corrected chi connectivity index (χ0v) is 11.7. The molecule has 106 valence electrons. The lowest BCUT2D eigenvalue weighted by Crippen LogP contribution is -2.36. The number of nitrogens with two attached hydrogens (primary N) is 1. The van der Waals surface area contributed by atoms with E-state index < -0.39 is 0 Å². The number of hydrazine groups is 1. The van der Waals surface area contributed by atoms with Gasteiger partial charge in [-0.05, 0) is 37.1 Å². The molecule has 0 saturated carbocycles. The lowest BCUT2D eigenvalue weighted by atomic mass is 10.2. The highest BCUT2D eigenvalue weighted by atomic mass is 16.5. The molecule has 1 aromatic rings. The van der Waals surface area contributed by atoms with Crippen molar-refractivity contribution < 1.29 is 9.47 Å². The van der Waals surface area contributed by atoms with Gasteiger partial charge in [-0.3, -0.25) is 10.4 Å². The Balaban J connectivity index is 2.64. The number of hydrogen-bond acceptors (Lipinski definition) is 4. The second-order valence-electron chi connectivity index (χ2n) is 4.03. The molecule has 0 heterocycles. The number of methoxy groups -OCH3 is 2. The first-order valence-corrected chi connectivity index (χ1v) is 6.13. The predicted octanol–water partition coefficient (Wildman–Crippen LogP) is 1.27. The Kier molecular flexibility index (Phi) is 6.70. The van der Waals surface area contributed by atoms with E-state index in [9.17, 15) is 0 Å². The summed E-state index contributed by atoms with van der Waals surface area (Å²) in [6.07, 6.45) is 0.852. The van der Waals surface area contributed by atoms with Crippen LogP contribution in [0.1, 0.15) is 12.0 Å². The van der Waals surface area contributed by atoms with Gasteiger partial charge in [0.25, 0.3) is 0 Å². The monoisotopic (exact) mass is 266 g/mol. The van der Waals surface area contributed by atoms with Crippen molar-refractivity contribution in [3.8, 4) is 5.75 Å². The quantitative estimate of drug-likeness (QED) is 0.237. The van der Waals surface area contributed by atoms with E-state index >= 15 is 0 Å². The standard InChI is InChI=1S/C13H22N4O2/c1-10-9-11(19-3)5-6-12(10)16-13(17-14)15-7-4-8-18-2/h5-6,9H,4,7-8,14H2,1-3H3,(H2,15,16,17). The average Bonchev–Trinajstić information content (AvgIpc) is 2.43. The number of guanidine groups is 1. The van der Waals surface area contributed by atoms with Gasteiger partial charge < -0.3 is 14.8 Å². The number of nitrogens with one attached hydrogen (secondary N) is 2. The number of anilines is 1. The van der Waals surface area contributed by atoms with Crippen molar-refractivity contribution in [3.05, 3.63) is 23.8 Å². The van der Waals surface area contributed by atoms with Crippen LogP contribution in [0.4, 0.5) is 5.69 Å². The number of ether oxygens (including phenoxy) is 2. The normalized spacial score (nSPS) is 11.3. The summed E-state index contributed by atoms with van der Waals surface area (Å²) in [5.74, 6) is 6.80. The molecular weight excluding hydrogens is 244 g/mol. The van der Waals surface area contributed by atoms with Gasteiger partial charge in [-0.1, -0.05) is 0 Å². The third-order valence-electron chi connectivity index (χ3n) is 2.60. The third-order valence-corrected chi connectivity index (χ3v) is 2.60. The van der Waals surface area contributed by atoms with Gasteiger partial charge in [0.15, 0.2) is 0 Å². The highest BCUT2D eigenvalue weighted by Gasteiger charge is 2.03. The minimum absolute atomic E-state index is 0.532. The highest BCUT2D eigenvalue weighted by Crippen LogP contribution is 2.20. The fourth-order valence-electron chi connectivity index (χ4n) is 1.55. The Labute approximate surface area is 114 Å². The average molecular weight is 266 g/mol. The summed E-state index contributed by atoms with van der Waals surface area (Å²) in [6.45, 7) is 3.32. The van der Waals surface area contributed by atoms with E-state index in [4.69, 9.17) is 15.3 Å². The lowest BCUT2D eigenvalue weighted by Gasteiger charge is -2.12. The Hall–Kier alpha value is -1.79. The van der Waals surface area contributed by atoms with Crippen LogP contribution in [0, 0.1) is 6.92 Å². The van der Waals surface area contributed by atoms with Crippen molar-refractivity contribution in [1.29, 1.82) is 0 Å². The molecule has 0 bridgehead atoms. The van der Waals surface area contributed by atoms with Crippen molar-refractivity contribution in [2.24, 2.45) is 10.8 Å². The van der Waals surface area contributed by atoms with E-state index in [1.54, 1.807) is 14.2 Å². The number of aliphatic imine (C=N–C) groups is 1. The van der Waals surface area contributed by atoms with Gasteiger partial charge in [0.2, 0.25) is 5.96 Å². The van der Waals surface area contributed by atoms with E-state index in [1.807, 2.05) is 25.1 Å². The third kappa shape index (κ3) is 5.15. The molecule has 0 radical (unpaired) electrons. The van der Waals surface area contributed by atoms with Gasteiger partial charge in [-0.25, -0.2) is 5.84 Å². The van der Waals surface area contributed by atoms with E-state index in [2.05, 4.69) is 15.7 Å². The van der Waals surface area contributed by atoms with E-state index in [1.165, 1.54) is 0 Å². The molecule has 0 fully saturated rings. The number of aryl methyl sites for hydroxylation is 1. The van der Waals surface area contributed by atoms with E-state index in [-0.39, 0.29) is 0 Å². The maximum absolute atomic E-state index is 5.44. The molecule has 0 aliphatic rings. The van der Waals surface area contributed by atoms with Crippen LogP contribution in [0.2, 0.25) is 0 Å². The molecule has 6 nitrogen and oxygen atoms in total. The molecule has 0 aromatic heterocycles. The summed E-state index contributed by atoms with van der Waals surface area (Å²) < 4.78 is 10.1. The van der Waals surface area contributed by atoms with Crippen molar-refractivity contribution in [2.45, 2.75) is 13.3 Å². The molecular formula is C13H22N4O2. The van der Waals surface area contributed by atoms with E-state index in [0.29, 0.717) is 19.1 Å². The first kappa shape index (κ1) is 15.3. The fraction of sp³-hybridized carbons (Fsp3) is 0.462. The Morgan fingerprint density at radius 1 is 1.37 bits per heavy atom. The summed E-state index contributed by atoms with van der Waals surface area (Å²) in [7, 11) is 3.32. The van der Waals surface area contributed by atoms with Crippen LogP contribution in [0.3, 0.4) is 0 Å². The molecule has 0 spiro atoms. The van der Waals surface area contributed by atoms with Crippen LogP contribution in [0.5, 0.6) is 5.75 Å². The number of rotatable bonds is 6. The summed E-state index contributed by atoms with van der Waals surface area (Å²) in [4.78, 5) is 4.32. The lowest BCUT2D eigenvalue weighted by molar-refractivity contribution is 0.197. The first-order chi connectivity index (χ1) is 9.21. The van der Waals surface area contributed by atoms with Crippen LogP contribution >= 0.6 is 0 Å². The van der Waals surface area contributed by atoms with Crippen molar-refractivity contribution in [1.82, 2.24) is 5.43 Å². The SMILES string of the molecule is COCCCN=C(NN)Nc1ccc(OC)cc1C. The molecule has 0 atom stereocenters. The Morgan fingerprint density at radius 2 is 2.16 bits per heavy atom. The molecule has 0 aliphatic heterocycles. The summed E-state index contributed by atoms with van der Waals surface area (Å²) >= 11 is 0. The van der Waals surface area contributed by atoms with Crippen LogP contribution < -0.4 is 21.3 Å². The van der Waals surface area contributed by atoms with Crippen molar-refractivity contribution in [3.63, 3.8) is 0 Å². The molecule has 0 amide bonds. The Morgan fingerprint density at radius 3 is 2.74 bits per heavy atom. The summed E-state index contributed by atoms with van der Waals surface area (Å²) in [5.41, 5.74) is 4.54. The Bertz CT molecular complexity index is 421. The molecule has 19 heavy (non-hydrogen) atoms. The second kappa shape index (κ2) is 8.34. The number of benzene rings is 1. The van der Waals surface area contributed by atoms with Crippen LogP contribution in [-0.2, 0) is 4.74 Å². The largest absolute Gasteiger partial charge is 0.497 e. The van der Waals surface area contributed by atoms with Crippen LogP contribution in [-0.4, -0.2) is 33.3 Å². The second-order valence-corrected chi connectivity index (χ2v) is 4.03. The van der Waals surface area contributed by atoms with Crippen molar-refractivity contribution in [2.75, 3.05) is 32.7 Å². The molecule has 0 saturated heterocycles. The van der Waals surface area contributed by atoms with Crippen molar-refractivity contribution >= 4 is 11.6 Å².